The Hall–Kier alpha value is -2.91. The number of amides is 3. The lowest BCUT2D eigenvalue weighted by Crippen LogP contribution is -2.30. The molecule has 29 heavy (non-hydrogen) atoms. The fourth-order valence-corrected chi connectivity index (χ4v) is 5.00. The predicted octanol–water partition coefficient (Wildman–Crippen LogP) is 2.86. The molecule has 0 spiro atoms. The van der Waals surface area contributed by atoms with Crippen molar-refractivity contribution in [1.82, 2.24) is 0 Å². The molecule has 10 heteroatoms. The smallest absolute Gasteiger partial charge is 0.255 e. The fraction of sp³-hybridized carbons (Fsp3) is 0.211. The van der Waals surface area contributed by atoms with Crippen LogP contribution < -0.4 is 14.9 Å². The highest BCUT2D eigenvalue weighted by Gasteiger charge is 2.43. The molecule has 0 bridgehead atoms. The SMILES string of the molecule is CC(=O)Nc1ccc(NC(=O)c2ccc(Cl)c(N3C(=O)C(C)CS3(=O)=O)c2)cc1. The minimum absolute atomic E-state index is 0.0466. The normalized spacial score (nSPS) is 17.8. The first-order valence-electron chi connectivity index (χ1n) is 8.64. The number of nitrogens with zero attached hydrogens (tertiary/aromatic N) is 1. The van der Waals surface area contributed by atoms with E-state index in [1.807, 2.05) is 0 Å². The Bertz CT molecular complexity index is 1100. The summed E-state index contributed by atoms with van der Waals surface area (Å²) in [5, 5.41) is 5.33. The van der Waals surface area contributed by atoms with E-state index in [2.05, 4.69) is 10.6 Å². The Kier molecular flexibility index (Phi) is 5.63. The first-order valence-corrected chi connectivity index (χ1v) is 10.6. The van der Waals surface area contributed by atoms with Crippen LogP contribution in [-0.2, 0) is 19.6 Å². The summed E-state index contributed by atoms with van der Waals surface area (Å²) < 4.78 is 25.3. The first kappa shape index (κ1) is 20.8. The fourth-order valence-electron chi connectivity index (χ4n) is 2.92. The Morgan fingerprint density at radius 2 is 1.66 bits per heavy atom. The van der Waals surface area contributed by atoms with E-state index in [4.69, 9.17) is 11.6 Å². The summed E-state index contributed by atoms with van der Waals surface area (Å²) in [6.45, 7) is 2.91. The van der Waals surface area contributed by atoms with E-state index in [9.17, 15) is 22.8 Å². The van der Waals surface area contributed by atoms with Crippen LogP contribution in [0.5, 0.6) is 0 Å². The molecular weight excluding hydrogens is 418 g/mol. The summed E-state index contributed by atoms with van der Waals surface area (Å²) in [5.41, 5.74) is 1.14. The molecule has 3 rings (SSSR count). The topological polar surface area (TPSA) is 113 Å². The maximum absolute atomic E-state index is 12.6. The molecule has 8 nitrogen and oxygen atoms in total. The molecule has 1 unspecified atom stereocenters. The molecule has 0 saturated carbocycles. The second-order valence-corrected chi connectivity index (χ2v) is 8.93. The molecule has 0 aliphatic carbocycles. The molecule has 3 amide bonds. The quantitative estimate of drug-likeness (QED) is 0.766. The number of hydrogen-bond acceptors (Lipinski definition) is 5. The van der Waals surface area contributed by atoms with E-state index in [0.717, 1.165) is 0 Å². The van der Waals surface area contributed by atoms with Gasteiger partial charge in [-0.2, -0.15) is 0 Å². The van der Waals surface area contributed by atoms with Crippen molar-refractivity contribution < 1.29 is 22.8 Å². The summed E-state index contributed by atoms with van der Waals surface area (Å²) in [5.74, 6) is -2.30. The second kappa shape index (κ2) is 7.84. The van der Waals surface area contributed by atoms with Crippen molar-refractivity contribution in [1.29, 1.82) is 0 Å². The minimum atomic E-state index is -3.84. The maximum Gasteiger partial charge on any atom is 0.255 e. The van der Waals surface area contributed by atoms with Crippen LogP contribution in [-0.4, -0.2) is 31.9 Å². The lowest BCUT2D eigenvalue weighted by molar-refractivity contribution is -0.119. The van der Waals surface area contributed by atoms with Crippen LogP contribution in [0.1, 0.15) is 24.2 Å². The standard InChI is InChI=1S/C19H18ClN3O5S/c1-11-10-29(27,28)23(19(11)26)17-9-13(3-8-16(17)20)18(25)22-15-6-4-14(5-7-15)21-12(2)24/h3-9,11H,10H2,1-2H3,(H,21,24)(H,22,25). The maximum atomic E-state index is 12.6. The van der Waals surface area contributed by atoms with Crippen molar-refractivity contribution in [2.24, 2.45) is 5.92 Å². The van der Waals surface area contributed by atoms with E-state index >= 15 is 0 Å². The van der Waals surface area contributed by atoms with E-state index in [0.29, 0.717) is 15.7 Å². The van der Waals surface area contributed by atoms with Crippen LogP contribution in [0.3, 0.4) is 0 Å². The number of hydrogen-bond donors (Lipinski definition) is 2. The molecule has 1 atom stereocenters. The van der Waals surface area contributed by atoms with Crippen molar-refractivity contribution >= 4 is 56.4 Å². The largest absolute Gasteiger partial charge is 0.326 e. The van der Waals surface area contributed by atoms with Gasteiger partial charge in [0.1, 0.15) is 0 Å². The van der Waals surface area contributed by atoms with Gasteiger partial charge in [0.15, 0.2) is 0 Å². The predicted molar refractivity (Wildman–Crippen MR) is 111 cm³/mol. The Balaban J connectivity index is 1.85. The molecular formula is C19H18ClN3O5S. The van der Waals surface area contributed by atoms with Gasteiger partial charge in [-0.05, 0) is 42.5 Å². The van der Waals surface area contributed by atoms with Gasteiger partial charge in [0.25, 0.3) is 5.91 Å². The average molecular weight is 436 g/mol. The summed E-state index contributed by atoms with van der Waals surface area (Å²) in [6, 6.07) is 10.5. The van der Waals surface area contributed by atoms with Gasteiger partial charge in [0.2, 0.25) is 21.8 Å². The lowest BCUT2D eigenvalue weighted by Gasteiger charge is -2.18. The van der Waals surface area contributed by atoms with Crippen LogP contribution in [0.15, 0.2) is 42.5 Å². The second-order valence-electron chi connectivity index (χ2n) is 6.66. The van der Waals surface area contributed by atoms with Crippen molar-refractivity contribution in [3.63, 3.8) is 0 Å². The summed E-state index contributed by atoms with van der Waals surface area (Å²) in [7, 11) is -3.84. The van der Waals surface area contributed by atoms with E-state index in [-0.39, 0.29) is 27.9 Å². The lowest BCUT2D eigenvalue weighted by atomic mass is 10.1. The number of halogens is 1. The third-order valence-corrected chi connectivity index (χ3v) is 6.42. The summed E-state index contributed by atoms with van der Waals surface area (Å²) in [4.78, 5) is 36.0. The number of nitrogens with one attached hydrogen (secondary N) is 2. The number of rotatable bonds is 4. The van der Waals surface area contributed by atoms with Crippen molar-refractivity contribution in [3.8, 4) is 0 Å². The number of carbonyl (C=O) groups excluding carboxylic acids is 3. The van der Waals surface area contributed by atoms with Crippen LogP contribution in [0.25, 0.3) is 0 Å². The molecule has 1 heterocycles. The Morgan fingerprint density at radius 1 is 1.07 bits per heavy atom. The van der Waals surface area contributed by atoms with Crippen molar-refractivity contribution in [2.75, 3.05) is 20.7 Å². The van der Waals surface area contributed by atoms with Crippen LogP contribution in [0, 0.1) is 5.92 Å². The molecule has 2 aromatic rings. The van der Waals surface area contributed by atoms with Gasteiger partial charge in [0.05, 0.1) is 22.4 Å². The van der Waals surface area contributed by atoms with Crippen molar-refractivity contribution in [3.05, 3.63) is 53.1 Å². The molecule has 152 valence electrons. The van der Waals surface area contributed by atoms with Gasteiger partial charge in [0, 0.05) is 23.9 Å². The van der Waals surface area contributed by atoms with Gasteiger partial charge in [-0.15, -0.1) is 0 Å². The summed E-state index contributed by atoms with van der Waals surface area (Å²) >= 11 is 6.12. The molecule has 1 fully saturated rings. The molecule has 2 N–H and O–H groups in total. The van der Waals surface area contributed by atoms with Gasteiger partial charge >= 0.3 is 0 Å². The zero-order chi connectivity index (χ0) is 21.3. The number of sulfonamides is 1. The third kappa shape index (κ3) is 4.41. The van der Waals surface area contributed by atoms with Crippen LogP contribution in [0.4, 0.5) is 17.1 Å². The average Bonchev–Trinajstić information content (AvgIpc) is 2.84. The monoisotopic (exact) mass is 435 g/mol. The molecule has 1 saturated heterocycles. The highest BCUT2D eigenvalue weighted by atomic mass is 35.5. The minimum Gasteiger partial charge on any atom is -0.326 e. The number of anilines is 3. The number of benzene rings is 2. The molecule has 0 aromatic heterocycles. The Labute approximate surface area is 172 Å². The van der Waals surface area contributed by atoms with Gasteiger partial charge in [-0.25, -0.2) is 12.7 Å². The number of carbonyl (C=O) groups is 3. The third-order valence-electron chi connectivity index (χ3n) is 4.25. The molecule has 1 aliphatic heterocycles. The molecule has 2 aromatic carbocycles. The van der Waals surface area contributed by atoms with Gasteiger partial charge < -0.3 is 10.6 Å². The summed E-state index contributed by atoms with van der Waals surface area (Å²) in [6.07, 6.45) is 0. The van der Waals surface area contributed by atoms with E-state index in [1.165, 1.54) is 32.0 Å². The zero-order valence-electron chi connectivity index (χ0n) is 15.6. The van der Waals surface area contributed by atoms with Gasteiger partial charge in [-0.3, -0.25) is 14.4 Å². The van der Waals surface area contributed by atoms with Crippen LogP contribution in [0.2, 0.25) is 5.02 Å². The van der Waals surface area contributed by atoms with Crippen LogP contribution >= 0.6 is 11.6 Å². The molecule has 0 radical (unpaired) electrons. The van der Waals surface area contributed by atoms with E-state index < -0.39 is 27.8 Å². The zero-order valence-corrected chi connectivity index (χ0v) is 17.2. The van der Waals surface area contributed by atoms with Crippen molar-refractivity contribution in [2.45, 2.75) is 13.8 Å². The highest BCUT2D eigenvalue weighted by Crippen LogP contribution is 2.34. The Morgan fingerprint density at radius 3 is 2.17 bits per heavy atom. The molecule has 1 aliphatic rings. The van der Waals surface area contributed by atoms with Gasteiger partial charge in [-0.1, -0.05) is 18.5 Å². The highest BCUT2D eigenvalue weighted by molar-refractivity contribution is 7.94. The first-order chi connectivity index (χ1) is 13.6. The van der Waals surface area contributed by atoms with E-state index in [1.54, 1.807) is 24.3 Å².